The normalized spacial score (nSPS) is 41.5. The van der Waals surface area contributed by atoms with Crippen molar-refractivity contribution in [3.63, 3.8) is 0 Å². The van der Waals surface area contributed by atoms with E-state index < -0.39 is 5.60 Å². The molecule has 1 spiro atoms. The van der Waals surface area contributed by atoms with E-state index in [9.17, 15) is 5.11 Å². The molecule has 0 aromatic heterocycles. The molecule has 2 aliphatic heterocycles. The quantitative estimate of drug-likeness (QED) is 0.797. The number of rotatable bonds is 1. The van der Waals surface area contributed by atoms with Crippen molar-refractivity contribution in [3.8, 4) is 0 Å². The first kappa shape index (κ1) is 14.2. The Hall–Kier alpha value is 0.270. The van der Waals surface area contributed by atoms with Crippen LogP contribution in [0.1, 0.15) is 58.8 Å². The maximum Gasteiger partial charge on any atom is 0.0818 e. The average Bonchev–Trinajstić information content (AvgIpc) is 2.81. The van der Waals surface area contributed by atoms with Gasteiger partial charge in [-0.05, 0) is 49.2 Å². The van der Waals surface area contributed by atoms with Crippen molar-refractivity contribution in [1.29, 1.82) is 0 Å². The molecule has 1 saturated carbocycles. The lowest BCUT2D eigenvalue weighted by Gasteiger charge is -2.54. The smallest absolute Gasteiger partial charge is 0.0818 e. The van der Waals surface area contributed by atoms with E-state index in [-0.39, 0.29) is 11.0 Å². The molecule has 2 saturated heterocycles. The summed E-state index contributed by atoms with van der Waals surface area (Å²) in [5.74, 6) is 2.55. The molecule has 3 aliphatic rings. The Morgan fingerprint density at radius 3 is 2.58 bits per heavy atom. The fourth-order valence-corrected chi connectivity index (χ4v) is 6.18. The van der Waals surface area contributed by atoms with E-state index in [2.05, 4.69) is 13.8 Å². The van der Waals surface area contributed by atoms with Crippen molar-refractivity contribution in [2.75, 3.05) is 18.1 Å². The van der Waals surface area contributed by atoms with Gasteiger partial charge in [-0.1, -0.05) is 26.7 Å². The SMILES string of the molecule is CC1(C)CCSCC1(O)C1CCOC2(CCCC2)C1. The molecule has 110 valence electrons. The second kappa shape index (κ2) is 4.92. The largest absolute Gasteiger partial charge is 0.388 e. The molecule has 0 amide bonds. The van der Waals surface area contributed by atoms with Crippen LogP contribution in [0.5, 0.6) is 0 Å². The van der Waals surface area contributed by atoms with Gasteiger partial charge in [0.15, 0.2) is 0 Å². The molecule has 2 nitrogen and oxygen atoms in total. The van der Waals surface area contributed by atoms with E-state index in [0.29, 0.717) is 5.92 Å². The van der Waals surface area contributed by atoms with E-state index in [1.807, 2.05) is 11.8 Å². The lowest BCUT2D eigenvalue weighted by Crippen LogP contribution is -2.58. The highest BCUT2D eigenvalue weighted by Crippen LogP contribution is 2.53. The highest BCUT2D eigenvalue weighted by atomic mass is 32.2. The van der Waals surface area contributed by atoms with E-state index in [1.165, 1.54) is 31.4 Å². The lowest BCUT2D eigenvalue weighted by atomic mass is 9.63. The molecule has 0 aromatic carbocycles. The highest BCUT2D eigenvalue weighted by Gasteiger charge is 2.54. The molecule has 1 aliphatic carbocycles. The molecule has 1 N–H and O–H groups in total. The maximum atomic E-state index is 11.4. The van der Waals surface area contributed by atoms with Gasteiger partial charge in [-0.3, -0.25) is 0 Å². The number of ether oxygens (including phenoxy) is 1. The second-order valence-corrected chi connectivity index (χ2v) is 8.64. The minimum absolute atomic E-state index is 0.0556. The maximum absolute atomic E-state index is 11.4. The Labute approximate surface area is 121 Å². The van der Waals surface area contributed by atoms with Crippen LogP contribution in [-0.2, 0) is 4.74 Å². The zero-order chi connectivity index (χ0) is 13.6. The average molecular weight is 284 g/mol. The summed E-state index contributed by atoms with van der Waals surface area (Å²) in [6.07, 6.45) is 8.32. The summed E-state index contributed by atoms with van der Waals surface area (Å²) in [7, 11) is 0. The Kier molecular flexibility index (Phi) is 3.68. The topological polar surface area (TPSA) is 29.5 Å². The predicted octanol–water partition coefficient (Wildman–Crippen LogP) is 3.62. The standard InChI is InChI=1S/C16H28O2S/c1-14(2)8-10-19-12-16(14,17)13-5-9-18-15(11-13)6-3-4-7-15/h13,17H,3-12H2,1-2H3. The number of thioether (sulfide) groups is 1. The summed E-state index contributed by atoms with van der Waals surface area (Å²) in [4.78, 5) is 0. The fraction of sp³-hybridized carbons (Fsp3) is 1.00. The summed E-state index contributed by atoms with van der Waals surface area (Å²) in [5, 5.41) is 11.4. The molecule has 3 rings (SSSR count). The molecule has 2 heterocycles. The highest BCUT2D eigenvalue weighted by molar-refractivity contribution is 7.99. The van der Waals surface area contributed by atoms with Crippen molar-refractivity contribution in [3.05, 3.63) is 0 Å². The summed E-state index contributed by atoms with van der Waals surface area (Å²) in [5.41, 5.74) is -0.313. The Morgan fingerprint density at radius 1 is 1.16 bits per heavy atom. The lowest BCUT2D eigenvalue weighted by molar-refractivity contribution is -0.168. The van der Waals surface area contributed by atoms with E-state index >= 15 is 0 Å². The van der Waals surface area contributed by atoms with Crippen LogP contribution in [0, 0.1) is 11.3 Å². The van der Waals surface area contributed by atoms with E-state index in [4.69, 9.17) is 4.74 Å². The molecule has 3 fully saturated rings. The van der Waals surface area contributed by atoms with Crippen LogP contribution >= 0.6 is 11.8 Å². The van der Waals surface area contributed by atoms with Gasteiger partial charge in [0.25, 0.3) is 0 Å². The van der Waals surface area contributed by atoms with Crippen LogP contribution in [0.25, 0.3) is 0 Å². The van der Waals surface area contributed by atoms with Gasteiger partial charge in [-0.2, -0.15) is 11.8 Å². The summed E-state index contributed by atoms with van der Waals surface area (Å²) in [6, 6.07) is 0. The van der Waals surface area contributed by atoms with Crippen LogP contribution in [-0.4, -0.2) is 34.4 Å². The number of hydrogen-bond acceptors (Lipinski definition) is 3. The van der Waals surface area contributed by atoms with Gasteiger partial charge in [0.1, 0.15) is 0 Å². The first-order chi connectivity index (χ1) is 8.98. The van der Waals surface area contributed by atoms with Crippen molar-refractivity contribution in [2.24, 2.45) is 11.3 Å². The zero-order valence-electron chi connectivity index (χ0n) is 12.4. The molecule has 2 unspecified atom stereocenters. The van der Waals surface area contributed by atoms with Crippen molar-refractivity contribution >= 4 is 11.8 Å². The molecule has 0 aromatic rings. The summed E-state index contributed by atoms with van der Waals surface area (Å²) < 4.78 is 6.14. The molecular weight excluding hydrogens is 256 g/mol. The third-order valence-corrected chi connectivity index (χ3v) is 7.19. The molecule has 2 atom stereocenters. The van der Waals surface area contributed by atoms with Crippen LogP contribution in [0.3, 0.4) is 0 Å². The van der Waals surface area contributed by atoms with Gasteiger partial charge in [0, 0.05) is 12.4 Å². The van der Waals surface area contributed by atoms with Crippen molar-refractivity contribution < 1.29 is 9.84 Å². The van der Waals surface area contributed by atoms with Crippen LogP contribution < -0.4 is 0 Å². The van der Waals surface area contributed by atoms with Crippen molar-refractivity contribution in [1.82, 2.24) is 0 Å². The zero-order valence-corrected chi connectivity index (χ0v) is 13.2. The van der Waals surface area contributed by atoms with Crippen LogP contribution in [0.4, 0.5) is 0 Å². The molecule has 0 bridgehead atoms. The van der Waals surface area contributed by atoms with Crippen molar-refractivity contribution in [2.45, 2.75) is 70.0 Å². The third kappa shape index (κ3) is 2.36. The first-order valence-electron chi connectivity index (χ1n) is 7.92. The molecular formula is C16H28O2S. The fourth-order valence-electron chi connectivity index (χ4n) is 4.44. The van der Waals surface area contributed by atoms with Crippen LogP contribution in [0.15, 0.2) is 0 Å². The summed E-state index contributed by atoms with van der Waals surface area (Å²) >= 11 is 1.94. The number of aliphatic hydroxyl groups is 1. The second-order valence-electron chi connectivity index (χ2n) is 7.54. The Bertz CT molecular complexity index is 336. The van der Waals surface area contributed by atoms with Gasteiger partial charge < -0.3 is 9.84 Å². The summed E-state index contributed by atoms with van der Waals surface area (Å²) in [6.45, 7) is 5.39. The van der Waals surface area contributed by atoms with E-state index in [0.717, 1.165) is 31.6 Å². The van der Waals surface area contributed by atoms with E-state index in [1.54, 1.807) is 0 Å². The van der Waals surface area contributed by atoms with Gasteiger partial charge in [0.05, 0.1) is 11.2 Å². The minimum atomic E-state index is -0.491. The third-order valence-electron chi connectivity index (χ3n) is 6.05. The van der Waals surface area contributed by atoms with Gasteiger partial charge >= 0.3 is 0 Å². The first-order valence-corrected chi connectivity index (χ1v) is 9.07. The van der Waals surface area contributed by atoms with Gasteiger partial charge in [0.2, 0.25) is 0 Å². The Morgan fingerprint density at radius 2 is 1.89 bits per heavy atom. The molecule has 19 heavy (non-hydrogen) atoms. The monoisotopic (exact) mass is 284 g/mol. The van der Waals surface area contributed by atoms with Gasteiger partial charge in [-0.25, -0.2) is 0 Å². The predicted molar refractivity (Wildman–Crippen MR) is 80.5 cm³/mol. The number of hydrogen-bond donors (Lipinski definition) is 1. The molecule has 3 heteroatoms. The van der Waals surface area contributed by atoms with Gasteiger partial charge in [-0.15, -0.1) is 0 Å². The Balaban J connectivity index is 1.80. The van der Waals surface area contributed by atoms with Crippen LogP contribution in [0.2, 0.25) is 0 Å². The minimum Gasteiger partial charge on any atom is -0.388 e. The molecule has 0 radical (unpaired) electrons.